The van der Waals surface area contributed by atoms with Gasteiger partial charge in [0.05, 0.1) is 11.4 Å². The zero-order valence-corrected chi connectivity index (χ0v) is 12.0. The third-order valence-corrected chi connectivity index (χ3v) is 3.94. The van der Waals surface area contributed by atoms with E-state index in [-0.39, 0.29) is 0 Å². The molecule has 0 aliphatic carbocycles. The lowest BCUT2D eigenvalue weighted by molar-refractivity contribution is 0.249. The van der Waals surface area contributed by atoms with Crippen LogP contribution in [0.15, 0.2) is 0 Å². The highest BCUT2D eigenvalue weighted by atomic mass is 15.4. The highest BCUT2D eigenvalue weighted by molar-refractivity contribution is 5.66. The highest BCUT2D eigenvalue weighted by Gasteiger charge is 2.25. The predicted octanol–water partition coefficient (Wildman–Crippen LogP) is 1.32. The minimum Gasteiger partial charge on any atom is -0.394 e. The third kappa shape index (κ3) is 2.32. The molecule has 5 heteroatoms. The molecule has 0 unspecified atom stereocenters. The van der Waals surface area contributed by atoms with Crippen LogP contribution in [-0.2, 0) is 6.54 Å². The van der Waals surface area contributed by atoms with Crippen LogP contribution in [0.4, 0.5) is 11.5 Å². The smallest absolute Gasteiger partial charge is 0.150 e. The second-order valence-corrected chi connectivity index (χ2v) is 5.32. The van der Waals surface area contributed by atoms with E-state index in [4.69, 9.17) is 5.73 Å². The quantitative estimate of drug-likeness (QED) is 0.880. The molecule has 1 fully saturated rings. The second-order valence-electron chi connectivity index (χ2n) is 5.32. The maximum atomic E-state index is 6.17. The topological polar surface area (TPSA) is 50.3 Å². The Balaban J connectivity index is 2.14. The number of piperidine rings is 1. The lowest BCUT2D eigenvalue weighted by Gasteiger charge is -2.36. The predicted molar refractivity (Wildman–Crippen MR) is 76.0 cm³/mol. The largest absolute Gasteiger partial charge is 0.394 e. The number of rotatable bonds is 3. The summed E-state index contributed by atoms with van der Waals surface area (Å²) in [6, 6.07) is 0.696. The minimum atomic E-state index is 0.696. The van der Waals surface area contributed by atoms with Crippen molar-refractivity contribution in [2.45, 2.75) is 39.3 Å². The molecule has 1 saturated heterocycles. The summed E-state index contributed by atoms with van der Waals surface area (Å²) < 4.78 is 2.03. The van der Waals surface area contributed by atoms with E-state index in [2.05, 4.69) is 35.9 Å². The van der Waals surface area contributed by atoms with E-state index in [0.717, 1.165) is 36.8 Å². The molecule has 0 saturated carbocycles. The number of nitrogen functional groups attached to an aromatic ring is 1. The van der Waals surface area contributed by atoms with Gasteiger partial charge in [-0.3, -0.25) is 0 Å². The van der Waals surface area contributed by atoms with E-state index >= 15 is 0 Å². The molecule has 2 rings (SSSR count). The molecule has 1 aliphatic rings. The van der Waals surface area contributed by atoms with Crippen LogP contribution >= 0.6 is 0 Å². The van der Waals surface area contributed by atoms with Gasteiger partial charge in [0.2, 0.25) is 0 Å². The van der Waals surface area contributed by atoms with E-state index in [1.54, 1.807) is 0 Å². The molecule has 2 heterocycles. The number of anilines is 2. The fraction of sp³-hybridized carbons (Fsp3) is 0.769. The first-order valence-corrected chi connectivity index (χ1v) is 6.78. The Labute approximate surface area is 110 Å². The SMILES string of the molecule is CCn1nc(C)c(N)c1N1CCC(N(C)C)CC1. The van der Waals surface area contributed by atoms with Crippen molar-refractivity contribution in [2.75, 3.05) is 37.8 Å². The molecule has 1 aromatic rings. The third-order valence-electron chi connectivity index (χ3n) is 3.94. The Morgan fingerprint density at radius 2 is 1.94 bits per heavy atom. The minimum absolute atomic E-state index is 0.696. The van der Waals surface area contributed by atoms with E-state index in [1.807, 2.05) is 11.6 Å². The monoisotopic (exact) mass is 251 g/mol. The standard InChI is InChI=1S/C13H25N5/c1-5-18-13(12(14)10(2)15-18)17-8-6-11(7-9-17)16(3)4/h11H,5-9,14H2,1-4H3. The van der Waals surface area contributed by atoms with Crippen molar-refractivity contribution in [1.29, 1.82) is 0 Å². The molecule has 0 atom stereocenters. The molecule has 1 aromatic heterocycles. The Kier molecular flexibility index (Phi) is 3.80. The summed E-state index contributed by atoms with van der Waals surface area (Å²) in [6.45, 7) is 7.11. The molecule has 0 bridgehead atoms. The lowest BCUT2D eigenvalue weighted by atomic mass is 10.0. The molecular formula is C13H25N5. The van der Waals surface area contributed by atoms with Crippen molar-refractivity contribution >= 4 is 11.5 Å². The van der Waals surface area contributed by atoms with Crippen LogP contribution in [0.5, 0.6) is 0 Å². The van der Waals surface area contributed by atoms with Crippen LogP contribution in [0.3, 0.4) is 0 Å². The van der Waals surface area contributed by atoms with Crippen LogP contribution in [0, 0.1) is 6.92 Å². The Hall–Kier alpha value is -1.23. The molecule has 102 valence electrons. The van der Waals surface area contributed by atoms with Gasteiger partial charge in [0, 0.05) is 25.7 Å². The maximum absolute atomic E-state index is 6.17. The molecule has 1 aliphatic heterocycles. The molecule has 5 nitrogen and oxygen atoms in total. The van der Waals surface area contributed by atoms with Gasteiger partial charge in [-0.25, -0.2) is 4.68 Å². The molecule has 0 radical (unpaired) electrons. The zero-order valence-electron chi connectivity index (χ0n) is 12.0. The van der Waals surface area contributed by atoms with Gasteiger partial charge in [-0.1, -0.05) is 0 Å². The van der Waals surface area contributed by atoms with Gasteiger partial charge in [-0.2, -0.15) is 5.10 Å². The van der Waals surface area contributed by atoms with Gasteiger partial charge < -0.3 is 15.5 Å². The molecule has 18 heavy (non-hydrogen) atoms. The van der Waals surface area contributed by atoms with Gasteiger partial charge in [-0.05, 0) is 40.8 Å². The van der Waals surface area contributed by atoms with Gasteiger partial charge in [0.1, 0.15) is 0 Å². The van der Waals surface area contributed by atoms with E-state index in [9.17, 15) is 0 Å². The van der Waals surface area contributed by atoms with Crippen LogP contribution in [0.2, 0.25) is 0 Å². The summed E-state index contributed by atoms with van der Waals surface area (Å²) in [5, 5.41) is 4.50. The number of aryl methyl sites for hydroxylation is 2. The average Bonchev–Trinajstić information content (AvgIpc) is 2.65. The van der Waals surface area contributed by atoms with E-state index in [0.29, 0.717) is 6.04 Å². The zero-order chi connectivity index (χ0) is 13.3. The van der Waals surface area contributed by atoms with Crippen molar-refractivity contribution in [1.82, 2.24) is 14.7 Å². The molecule has 2 N–H and O–H groups in total. The van der Waals surface area contributed by atoms with Crippen molar-refractivity contribution < 1.29 is 0 Å². The lowest BCUT2D eigenvalue weighted by Crippen LogP contribution is -2.42. The summed E-state index contributed by atoms with van der Waals surface area (Å²) in [5.74, 6) is 1.12. The summed E-state index contributed by atoms with van der Waals surface area (Å²) in [4.78, 5) is 4.71. The molecule has 0 aromatic carbocycles. The van der Waals surface area contributed by atoms with Gasteiger partial charge in [0.25, 0.3) is 0 Å². The summed E-state index contributed by atoms with van der Waals surface area (Å²) in [6.07, 6.45) is 2.39. The fourth-order valence-electron chi connectivity index (χ4n) is 2.73. The Bertz CT molecular complexity index is 402. The molecule has 0 amide bonds. The number of nitrogens with two attached hydrogens (primary N) is 1. The van der Waals surface area contributed by atoms with Crippen LogP contribution < -0.4 is 10.6 Å². The summed E-state index contributed by atoms with van der Waals surface area (Å²) in [5.41, 5.74) is 7.96. The maximum Gasteiger partial charge on any atom is 0.150 e. The first-order valence-electron chi connectivity index (χ1n) is 6.78. The average molecular weight is 251 g/mol. The summed E-state index contributed by atoms with van der Waals surface area (Å²) in [7, 11) is 4.32. The normalized spacial score (nSPS) is 17.7. The number of nitrogens with zero attached hydrogens (tertiary/aromatic N) is 4. The Morgan fingerprint density at radius 1 is 1.33 bits per heavy atom. The summed E-state index contributed by atoms with van der Waals surface area (Å²) >= 11 is 0. The first kappa shape index (κ1) is 13.2. The second kappa shape index (κ2) is 5.18. The Morgan fingerprint density at radius 3 is 2.44 bits per heavy atom. The van der Waals surface area contributed by atoms with Crippen LogP contribution in [0.25, 0.3) is 0 Å². The van der Waals surface area contributed by atoms with E-state index in [1.165, 1.54) is 12.8 Å². The number of aromatic nitrogens is 2. The highest BCUT2D eigenvalue weighted by Crippen LogP contribution is 2.29. The molecule has 0 spiro atoms. The van der Waals surface area contributed by atoms with Gasteiger partial charge in [0.15, 0.2) is 5.82 Å². The van der Waals surface area contributed by atoms with Gasteiger partial charge >= 0.3 is 0 Å². The van der Waals surface area contributed by atoms with Crippen LogP contribution in [-0.4, -0.2) is 47.9 Å². The van der Waals surface area contributed by atoms with E-state index < -0.39 is 0 Å². The molecular weight excluding hydrogens is 226 g/mol. The number of hydrogen-bond acceptors (Lipinski definition) is 4. The van der Waals surface area contributed by atoms with Gasteiger partial charge in [-0.15, -0.1) is 0 Å². The fourth-order valence-corrected chi connectivity index (χ4v) is 2.73. The van der Waals surface area contributed by atoms with Crippen molar-refractivity contribution in [3.63, 3.8) is 0 Å². The van der Waals surface area contributed by atoms with Crippen molar-refractivity contribution in [3.05, 3.63) is 5.69 Å². The first-order chi connectivity index (χ1) is 8.54. The van der Waals surface area contributed by atoms with Crippen molar-refractivity contribution in [2.24, 2.45) is 0 Å². The van der Waals surface area contributed by atoms with Crippen LogP contribution in [0.1, 0.15) is 25.5 Å². The van der Waals surface area contributed by atoms with Crippen molar-refractivity contribution in [3.8, 4) is 0 Å². The number of hydrogen-bond donors (Lipinski definition) is 1.